The zero-order valence-electron chi connectivity index (χ0n) is 11.2. The topological polar surface area (TPSA) is 67.8 Å². The fourth-order valence-corrected chi connectivity index (χ4v) is 1.54. The molecular formula is C13H18FNO4. The van der Waals surface area contributed by atoms with Gasteiger partial charge in [-0.25, -0.2) is 4.39 Å². The van der Waals surface area contributed by atoms with Crippen LogP contribution < -0.4 is 10.1 Å². The molecule has 5 nitrogen and oxygen atoms in total. The second-order valence-corrected chi connectivity index (χ2v) is 4.46. The van der Waals surface area contributed by atoms with Gasteiger partial charge in [0, 0.05) is 19.2 Å². The average Bonchev–Trinajstić information content (AvgIpc) is 2.36. The van der Waals surface area contributed by atoms with Gasteiger partial charge in [0.25, 0.3) is 5.91 Å². The van der Waals surface area contributed by atoms with Gasteiger partial charge in [-0.05, 0) is 25.1 Å². The lowest BCUT2D eigenvalue weighted by atomic mass is 10.1. The third kappa shape index (κ3) is 4.50. The van der Waals surface area contributed by atoms with Crippen molar-refractivity contribution in [2.45, 2.75) is 12.5 Å². The molecule has 0 aromatic heterocycles. The number of amides is 1. The largest absolute Gasteiger partial charge is 0.494 e. The summed E-state index contributed by atoms with van der Waals surface area (Å²) in [6.07, 6.45) is 0. The van der Waals surface area contributed by atoms with Crippen LogP contribution in [0.5, 0.6) is 5.75 Å². The molecular weight excluding hydrogens is 253 g/mol. The summed E-state index contributed by atoms with van der Waals surface area (Å²) in [5, 5.41) is 12.3. The van der Waals surface area contributed by atoms with Crippen LogP contribution >= 0.6 is 0 Å². The maximum atomic E-state index is 13.4. The summed E-state index contributed by atoms with van der Waals surface area (Å²) >= 11 is 0. The normalized spacial score (nSPS) is 13.7. The molecule has 2 N–H and O–H groups in total. The van der Waals surface area contributed by atoms with Crippen molar-refractivity contribution in [3.05, 3.63) is 29.6 Å². The Morgan fingerprint density at radius 2 is 2.16 bits per heavy atom. The fraction of sp³-hybridized carbons (Fsp3) is 0.462. The predicted octanol–water partition coefficient (Wildman–Crippen LogP) is 0.961. The van der Waals surface area contributed by atoms with Crippen LogP contribution in [0.25, 0.3) is 0 Å². The lowest BCUT2D eigenvalue weighted by Crippen LogP contribution is -2.43. The van der Waals surface area contributed by atoms with Crippen LogP contribution in [-0.4, -0.2) is 44.0 Å². The summed E-state index contributed by atoms with van der Waals surface area (Å²) in [5.74, 6) is -1.01. The van der Waals surface area contributed by atoms with Gasteiger partial charge >= 0.3 is 0 Å². The highest BCUT2D eigenvalue weighted by Gasteiger charge is 2.21. The predicted molar refractivity (Wildman–Crippen MR) is 67.8 cm³/mol. The van der Waals surface area contributed by atoms with E-state index < -0.39 is 17.3 Å². The van der Waals surface area contributed by atoms with Gasteiger partial charge in [-0.2, -0.15) is 0 Å². The molecule has 0 saturated heterocycles. The van der Waals surface area contributed by atoms with E-state index in [0.29, 0.717) is 0 Å². The van der Waals surface area contributed by atoms with Crippen molar-refractivity contribution in [3.63, 3.8) is 0 Å². The zero-order chi connectivity index (χ0) is 14.5. The van der Waals surface area contributed by atoms with Crippen LogP contribution in [0.4, 0.5) is 4.39 Å². The molecule has 6 heteroatoms. The van der Waals surface area contributed by atoms with E-state index in [4.69, 9.17) is 9.47 Å². The molecule has 106 valence electrons. The number of hydrogen-bond acceptors (Lipinski definition) is 4. The molecule has 0 aliphatic carbocycles. The number of rotatable bonds is 6. The SMILES string of the molecule is COC[C@@](C)(O)CNC(=O)c1ccc(OC)c(F)c1. The molecule has 1 rings (SSSR count). The quantitative estimate of drug-likeness (QED) is 0.808. The van der Waals surface area contributed by atoms with Gasteiger partial charge in [0.1, 0.15) is 5.60 Å². The molecule has 1 amide bonds. The number of aliphatic hydroxyl groups is 1. The maximum Gasteiger partial charge on any atom is 0.251 e. The first-order valence-electron chi connectivity index (χ1n) is 5.72. The van der Waals surface area contributed by atoms with E-state index in [2.05, 4.69) is 5.32 Å². The van der Waals surface area contributed by atoms with Gasteiger partial charge in [0.2, 0.25) is 0 Å². The number of hydrogen-bond donors (Lipinski definition) is 2. The minimum absolute atomic E-state index is 0.00726. The lowest BCUT2D eigenvalue weighted by Gasteiger charge is -2.22. The standard InChI is InChI=1S/C13H18FNO4/c1-13(17,8-18-2)7-15-12(16)9-4-5-11(19-3)10(14)6-9/h4-6,17H,7-8H2,1-3H3,(H,15,16)/t13-/m0/s1. The van der Waals surface area contributed by atoms with Crippen molar-refractivity contribution < 1.29 is 23.8 Å². The third-order valence-corrected chi connectivity index (χ3v) is 2.50. The Labute approximate surface area is 111 Å². The molecule has 0 aliphatic heterocycles. The van der Waals surface area contributed by atoms with Crippen molar-refractivity contribution >= 4 is 5.91 Å². The zero-order valence-corrected chi connectivity index (χ0v) is 11.2. The van der Waals surface area contributed by atoms with E-state index in [-0.39, 0.29) is 24.5 Å². The van der Waals surface area contributed by atoms with Crippen molar-refractivity contribution in [2.24, 2.45) is 0 Å². The Morgan fingerprint density at radius 3 is 2.68 bits per heavy atom. The number of ether oxygens (including phenoxy) is 2. The molecule has 0 aliphatic rings. The van der Waals surface area contributed by atoms with E-state index in [0.717, 1.165) is 6.07 Å². The Hall–Kier alpha value is -1.66. The highest BCUT2D eigenvalue weighted by molar-refractivity contribution is 5.94. The Balaban J connectivity index is 2.66. The van der Waals surface area contributed by atoms with E-state index in [1.54, 1.807) is 0 Å². The summed E-state index contributed by atoms with van der Waals surface area (Å²) in [4.78, 5) is 11.8. The third-order valence-electron chi connectivity index (χ3n) is 2.50. The number of carbonyl (C=O) groups excluding carboxylic acids is 1. The van der Waals surface area contributed by atoms with Crippen molar-refractivity contribution in [1.29, 1.82) is 0 Å². The second kappa shape index (κ2) is 6.49. The fourth-order valence-electron chi connectivity index (χ4n) is 1.54. The Morgan fingerprint density at radius 1 is 1.47 bits per heavy atom. The van der Waals surface area contributed by atoms with Gasteiger partial charge in [0.05, 0.1) is 13.7 Å². The summed E-state index contributed by atoms with van der Waals surface area (Å²) in [7, 11) is 2.80. The van der Waals surface area contributed by atoms with Crippen molar-refractivity contribution in [3.8, 4) is 5.75 Å². The molecule has 1 aromatic rings. The summed E-state index contributed by atoms with van der Waals surface area (Å²) in [6.45, 7) is 1.63. The van der Waals surface area contributed by atoms with Crippen LogP contribution in [0.15, 0.2) is 18.2 Å². The molecule has 0 unspecified atom stereocenters. The number of carbonyl (C=O) groups is 1. The van der Waals surface area contributed by atoms with Gasteiger partial charge < -0.3 is 19.9 Å². The van der Waals surface area contributed by atoms with E-state index in [1.807, 2.05) is 0 Å². The molecule has 0 spiro atoms. The number of benzene rings is 1. The molecule has 0 heterocycles. The molecule has 19 heavy (non-hydrogen) atoms. The highest BCUT2D eigenvalue weighted by Crippen LogP contribution is 2.17. The van der Waals surface area contributed by atoms with Gasteiger partial charge in [-0.15, -0.1) is 0 Å². The minimum Gasteiger partial charge on any atom is -0.494 e. The summed E-state index contributed by atoms with van der Waals surface area (Å²) < 4.78 is 23.0. The summed E-state index contributed by atoms with van der Waals surface area (Å²) in [5.41, 5.74) is -1.01. The van der Waals surface area contributed by atoms with Crippen LogP contribution in [-0.2, 0) is 4.74 Å². The molecule has 0 radical (unpaired) electrons. The molecule has 0 bridgehead atoms. The smallest absolute Gasteiger partial charge is 0.251 e. The minimum atomic E-state index is -1.17. The first kappa shape index (κ1) is 15.4. The Bertz CT molecular complexity index is 448. The first-order valence-corrected chi connectivity index (χ1v) is 5.72. The highest BCUT2D eigenvalue weighted by atomic mass is 19.1. The lowest BCUT2D eigenvalue weighted by molar-refractivity contribution is -0.0147. The number of methoxy groups -OCH3 is 2. The maximum absolute atomic E-state index is 13.4. The first-order chi connectivity index (χ1) is 8.89. The van der Waals surface area contributed by atoms with Crippen LogP contribution in [0.2, 0.25) is 0 Å². The van der Waals surface area contributed by atoms with Gasteiger partial charge in [0.15, 0.2) is 11.6 Å². The van der Waals surface area contributed by atoms with E-state index in [1.165, 1.54) is 33.3 Å². The van der Waals surface area contributed by atoms with Crippen molar-refractivity contribution in [1.82, 2.24) is 5.32 Å². The van der Waals surface area contributed by atoms with Crippen LogP contribution in [0.3, 0.4) is 0 Å². The van der Waals surface area contributed by atoms with Crippen LogP contribution in [0.1, 0.15) is 17.3 Å². The number of nitrogens with one attached hydrogen (secondary N) is 1. The second-order valence-electron chi connectivity index (χ2n) is 4.46. The molecule has 0 saturated carbocycles. The van der Waals surface area contributed by atoms with Crippen LogP contribution in [0, 0.1) is 5.82 Å². The average molecular weight is 271 g/mol. The molecule has 1 atom stereocenters. The molecule has 1 aromatic carbocycles. The summed E-state index contributed by atoms with van der Waals surface area (Å²) in [6, 6.07) is 3.90. The number of halogens is 1. The van der Waals surface area contributed by atoms with Gasteiger partial charge in [-0.3, -0.25) is 4.79 Å². The van der Waals surface area contributed by atoms with E-state index in [9.17, 15) is 14.3 Å². The monoisotopic (exact) mass is 271 g/mol. The van der Waals surface area contributed by atoms with E-state index >= 15 is 0 Å². The van der Waals surface area contributed by atoms with Gasteiger partial charge in [-0.1, -0.05) is 0 Å². The molecule has 0 fully saturated rings. The Kier molecular flexibility index (Phi) is 5.26. The van der Waals surface area contributed by atoms with Crippen molar-refractivity contribution in [2.75, 3.05) is 27.4 Å².